The summed E-state index contributed by atoms with van der Waals surface area (Å²) in [6.07, 6.45) is 5.95. The molecule has 2 amide bonds. The van der Waals surface area contributed by atoms with Crippen LogP contribution in [0.4, 0.5) is 5.69 Å². The zero-order chi connectivity index (χ0) is 15.5. The van der Waals surface area contributed by atoms with Crippen LogP contribution in [0.15, 0.2) is 18.2 Å². The smallest absolute Gasteiger partial charge is 0.253 e. The molecule has 0 radical (unpaired) electrons. The number of likely N-dealkylation sites (tertiary alicyclic amines) is 1. The Bertz CT molecular complexity index is 574. The molecule has 0 aromatic heterocycles. The van der Waals surface area contributed by atoms with Crippen molar-refractivity contribution < 1.29 is 9.59 Å². The summed E-state index contributed by atoms with van der Waals surface area (Å²) in [5.41, 5.74) is 2.87. The highest BCUT2D eigenvalue weighted by molar-refractivity contribution is 5.99. The van der Waals surface area contributed by atoms with Crippen molar-refractivity contribution in [2.45, 2.75) is 45.4 Å². The van der Waals surface area contributed by atoms with E-state index in [0.29, 0.717) is 13.0 Å². The predicted octanol–water partition coefficient (Wildman–Crippen LogP) is 3.00. The second kappa shape index (κ2) is 6.51. The predicted molar refractivity (Wildman–Crippen MR) is 87.2 cm³/mol. The van der Waals surface area contributed by atoms with E-state index in [9.17, 15) is 9.59 Å². The van der Waals surface area contributed by atoms with Gasteiger partial charge in [-0.05, 0) is 49.9 Å². The number of nitrogens with zero attached hydrogens (tertiary/aromatic N) is 2. The molecule has 4 heteroatoms. The van der Waals surface area contributed by atoms with Gasteiger partial charge in [0.15, 0.2) is 0 Å². The van der Waals surface area contributed by atoms with Crippen molar-refractivity contribution in [1.82, 2.24) is 4.90 Å². The summed E-state index contributed by atoms with van der Waals surface area (Å²) in [5.74, 6) is 0.325. The molecule has 1 aromatic rings. The quantitative estimate of drug-likeness (QED) is 0.842. The van der Waals surface area contributed by atoms with E-state index in [1.165, 1.54) is 12.8 Å². The average Bonchev–Trinajstić information content (AvgIpc) is 2.83. The van der Waals surface area contributed by atoms with Crippen molar-refractivity contribution in [3.05, 3.63) is 29.3 Å². The van der Waals surface area contributed by atoms with Crippen molar-refractivity contribution in [2.75, 3.05) is 24.5 Å². The molecule has 0 unspecified atom stereocenters. The first-order valence-corrected chi connectivity index (χ1v) is 8.43. The molecule has 0 bridgehead atoms. The lowest BCUT2D eigenvalue weighted by atomic mass is 9.98. The van der Waals surface area contributed by atoms with Gasteiger partial charge in [-0.25, -0.2) is 0 Å². The number of fused-ring (bicyclic) bond motifs is 1. The minimum atomic E-state index is 0.143. The average molecular weight is 300 g/mol. The first kappa shape index (κ1) is 15.1. The van der Waals surface area contributed by atoms with Gasteiger partial charge in [0.05, 0.1) is 0 Å². The van der Waals surface area contributed by atoms with Gasteiger partial charge in [-0.15, -0.1) is 0 Å². The molecule has 1 aromatic carbocycles. The lowest BCUT2D eigenvalue weighted by molar-refractivity contribution is -0.118. The van der Waals surface area contributed by atoms with Crippen molar-refractivity contribution in [3.63, 3.8) is 0 Å². The van der Waals surface area contributed by atoms with Gasteiger partial charge >= 0.3 is 0 Å². The normalized spacial score (nSPS) is 18.9. The molecule has 0 N–H and O–H groups in total. The van der Waals surface area contributed by atoms with Crippen LogP contribution in [0.3, 0.4) is 0 Å². The van der Waals surface area contributed by atoms with Gasteiger partial charge in [0.2, 0.25) is 5.91 Å². The largest absolute Gasteiger partial charge is 0.339 e. The van der Waals surface area contributed by atoms with E-state index in [4.69, 9.17) is 0 Å². The van der Waals surface area contributed by atoms with Crippen LogP contribution in [-0.2, 0) is 11.2 Å². The number of carbonyl (C=O) groups excluding carboxylic acids is 2. The Hall–Kier alpha value is -1.84. The maximum absolute atomic E-state index is 12.7. The molecular weight excluding hydrogens is 276 g/mol. The Labute approximate surface area is 132 Å². The summed E-state index contributed by atoms with van der Waals surface area (Å²) in [7, 11) is 0. The molecule has 1 fully saturated rings. The molecule has 0 saturated carbocycles. The molecule has 1 saturated heterocycles. The molecule has 22 heavy (non-hydrogen) atoms. The zero-order valence-electron chi connectivity index (χ0n) is 13.3. The molecule has 0 spiro atoms. The molecule has 0 atom stereocenters. The Morgan fingerprint density at radius 3 is 2.50 bits per heavy atom. The molecule has 4 nitrogen and oxygen atoms in total. The van der Waals surface area contributed by atoms with Crippen LogP contribution in [0.25, 0.3) is 0 Å². The molecule has 0 aliphatic carbocycles. The number of aryl methyl sites for hydroxylation is 1. The van der Waals surface area contributed by atoms with E-state index in [1.54, 1.807) is 0 Å². The van der Waals surface area contributed by atoms with Gasteiger partial charge in [0, 0.05) is 37.3 Å². The van der Waals surface area contributed by atoms with Crippen LogP contribution in [0, 0.1) is 0 Å². The maximum atomic E-state index is 12.7. The second-order valence-corrected chi connectivity index (χ2v) is 6.19. The highest BCUT2D eigenvalue weighted by atomic mass is 16.2. The van der Waals surface area contributed by atoms with Crippen LogP contribution in [0.2, 0.25) is 0 Å². The molecule has 2 aliphatic heterocycles. The first-order valence-electron chi connectivity index (χ1n) is 8.43. The van der Waals surface area contributed by atoms with E-state index in [-0.39, 0.29) is 11.8 Å². The summed E-state index contributed by atoms with van der Waals surface area (Å²) in [6.45, 7) is 4.42. The van der Waals surface area contributed by atoms with Crippen LogP contribution in [0.1, 0.15) is 54.9 Å². The second-order valence-electron chi connectivity index (χ2n) is 6.19. The van der Waals surface area contributed by atoms with Gasteiger partial charge in [0.1, 0.15) is 0 Å². The van der Waals surface area contributed by atoms with Crippen LogP contribution >= 0.6 is 0 Å². The van der Waals surface area contributed by atoms with E-state index in [2.05, 4.69) is 0 Å². The molecule has 3 rings (SSSR count). The highest BCUT2D eigenvalue weighted by Gasteiger charge is 2.25. The maximum Gasteiger partial charge on any atom is 0.253 e. The number of hydrogen-bond donors (Lipinski definition) is 0. The number of amides is 2. The minimum absolute atomic E-state index is 0.143. The fourth-order valence-corrected chi connectivity index (χ4v) is 3.50. The van der Waals surface area contributed by atoms with E-state index >= 15 is 0 Å². The lowest BCUT2D eigenvalue weighted by Gasteiger charge is -2.29. The molecular formula is C18H24N2O2. The zero-order valence-corrected chi connectivity index (χ0v) is 13.3. The highest BCUT2D eigenvalue weighted by Crippen LogP contribution is 2.29. The molecule has 2 heterocycles. The van der Waals surface area contributed by atoms with Crippen LogP contribution in [0.5, 0.6) is 0 Å². The summed E-state index contributed by atoms with van der Waals surface area (Å²) in [4.78, 5) is 28.4. The van der Waals surface area contributed by atoms with Gasteiger partial charge in [-0.2, -0.15) is 0 Å². The minimum Gasteiger partial charge on any atom is -0.339 e. The van der Waals surface area contributed by atoms with E-state index in [0.717, 1.165) is 49.2 Å². The number of hydrogen-bond acceptors (Lipinski definition) is 2. The van der Waals surface area contributed by atoms with Gasteiger partial charge in [0.25, 0.3) is 5.91 Å². The van der Waals surface area contributed by atoms with E-state index in [1.807, 2.05) is 34.9 Å². The standard InChI is InChI=1S/C18H24N2O2/c1-2-20-16-9-7-15(13-14(16)8-10-17(20)21)18(22)19-11-5-3-4-6-12-19/h7,9,13H,2-6,8,10-12H2,1H3. The molecule has 118 valence electrons. The number of carbonyl (C=O) groups is 2. The van der Waals surface area contributed by atoms with Gasteiger partial charge in [-0.1, -0.05) is 12.8 Å². The lowest BCUT2D eigenvalue weighted by Crippen LogP contribution is -2.35. The Morgan fingerprint density at radius 1 is 1.09 bits per heavy atom. The fourth-order valence-electron chi connectivity index (χ4n) is 3.50. The number of rotatable bonds is 2. The Morgan fingerprint density at radius 2 is 1.82 bits per heavy atom. The van der Waals surface area contributed by atoms with Crippen LogP contribution < -0.4 is 4.90 Å². The third kappa shape index (κ3) is 2.87. The Kier molecular flexibility index (Phi) is 4.46. The SMILES string of the molecule is CCN1C(=O)CCc2cc(C(=O)N3CCCCCC3)ccc21. The number of anilines is 1. The van der Waals surface area contributed by atoms with E-state index < -0.39 is 0 Å². The Balaban J connectivity index is 1.84. The topological polar surface area (TPSA) is 40.6 Å². The monoisotopic (exact) mass is 300 g/mol. The number of benzene rings is 1. The summed E-state index contributed by atoms with van der Waals surface area (Å²) in [5, 5.41) is 0. The summed E-state index contributed by atoms with van der Waals surface area (Å²) < 4.78 is 0. The fraction of sp³-hybridized carbons (Fsp3) is 0.556. The van der Waals surface area contributed by atoms with Crippen molar-refractivity contribution in [3.8, 4) is 0 Å². The summed E-state index contributed by atoms with van der Waals surface area (Å²) in [6, 6.07) is 5.83. The third-order valence-electron chi connectivity index (χ3n) is 4.74. The third-order valence-corrected chi connectivity index (χ3v) is 4.74. The molecule has 2 aliphatic rings. The first-order chi connectivity index (χ1) is 10.7. The summed E-state index contributed by atoms with van der Waals surface area (Å²) >= 11 is 0. The van der Waals surface area contributed by atoms with Crippen molar-refractivity contribution >= 4 is 17.5 Å². The van der Waals surface area contributed by atoms with Gasteiger partial charge < -0.3 is 9.80 Å². The van der Waals surface area contributed by atoms with Crippen molar-refractivity contribution in [2.24, 2.45) is 0 Å². The van der Waals surface area contributed by atoms with Crippen molar-refractivity contribution in [1.29, 1.82) is 0 Å². The van der Waals surface area contributed by atoms with Crippen LogP contribution in [-0.4, -0.2) is 36.3 Å². The van der Waals surface area contributed by atoms with Gasteiger partial charge in [-0.3, -0.25) is 9.59 Å².